The molecule has 0 saturated carbocycles. The molecule has 2 heteroatoms. The van der Waals surface area contributed by atoms with Gasteiger partial charge in [0.25, 0.3) is 0 Å². The summed E-state index contributed by atoms with van der Waals surface area (Å²) < 4.78 is 0. The van der Waals surface area contributed by atoms with Gasteiger partial charge in [0.05, 0.1) is 0 Å². The van der Waals surface area contributed by atoms with Crippen molar-refractivity contribution < 1.29 is 9.90 Å². The zero-order chi connectivity index (χ0) is 22.0. The van der Waals surface area contributed by atoms with Crippen LogP contribution in [0.3, 0.4) is 0 Å². The molecule has 2 nitrogen and oxygen atoms in total. The van der Waals surface area contributed by atoms with Crippen molar-refractivity contribution in [1.29, 1.82) is 0 Å². The van der Waals surface area contributed by atoms with E-state index in [-0.39, 0.29) is 6.42 Å². The first-order chi connectivity index (χ1) is 14.8. The Hall–Kier alpha value is -1.05. The SMILES string of the molecule is CCCCCCCCCCCCCCC/C=C/CCCCCC/C=C/CCC(=O)O. The fourth-order valence-electron chi connectivity index (χ4n) is 3.84. The first kappa shape index (κ1) is 28.9. The molecular weight excluding hydrogens is 368 g/mol. The Labute approximate surface area is 188 Å². The average Bonchev–Trinajstić information content (AvgIpc) is 2.73. The predicted molar refractivity (Wildman–Crippen MR) is 133 cm³/mol. The lowest BCUT2D eigenvalue weighted by Crippen LogP contribution is -1.91. The van der Waals surface area contributed by atoms with Crippen LogP contribution in [0.5, 0.6) is 0 Å². The molecule has 0 heterocycles. The molecule has 0 spiro atoms. The molecule has 176 valence electrons. The molecule has 0 atom stereocenters. The van der Waals surface area contributed by atoms with E-state index in [9.17, 15) is 4.79 Å². The Kier molecular flexibility index (Phi) is 25.1. The van der Waals surface area contributed by atoms with Crippen molar-refractivity contribution in [3.8, 4) is 0 Å². The topological polar surface area (TPSA) is 37.3 Å². The maximum atomic E-state index is 10.4. The Morgan fingerprint density at radius 3 is 1.13 bits per heavy atom. The predicted octanol–water partition coefficient (Wildman–Crippen LogP) is 9.79. The highest BCUT2D eigenvalue weighted by Crippen LogP contribution is 2.13. The lowest BCUT2D eigenvalue weighted by atomic mass is 10.0. The summed E-state index contributed by atoms with van der Waals surface area (Å²) in [6.07, 6.45) is 37.1. The van der Waals surface area contributed by atoms with Crippen LogP contribution in [0.25, 0.3) is 0 Å². The fourth-order valence-corrected chi connectivity index (χ4v) is 3.84. The zero-order valence-electron chi connectivity index (χ0n) is 20.2. The number of unbranched alkanes of at least 4 members (excludes halogenated alkanes) is 18. The molecule has 0 fully saturated rings. The van der Waals surface area contributed by atoms with Crippen LogP contribution in [0.15, 0.2) is 24.3 Å². The van der Waals surface area contributed by atoms with Crippen LogP contribution in [0.4, 0.5) is 0 Å². The monoisotopic (exact) mass is 420 g/mol. The first-order valence-electron chi connectivity index (χ1n) is 13.3. The van der Waals surface area contributed by atoms with E-state index in [4.69, 9.17) is 5.11 Å². The molecule has 0 radical (unpaired) electrons. The second-order valence-corrected chi connectivity index (χ2v) is 8.90. The summed E-state index contributed by atoms with van der Waals surface area (Å²) in [4.78, 5) is 10.4. The van der Waals surface area contributed by atoms with E-state index >= 15 is 0 Å². The van der Waals surface area contributed by atoms with E-state index in [1.807, 2.05) is 6.08 Å². The maximum absolute atomic E-state index is 10.4. The molecule has 0 aromatic rings. The van der Waals surface area contributed by atoms with Gasteiger partial charge in [-0.3, -0.25) is 4.79 Å². The molecule has 0 aromatic carbocycles. The van der Waals surface area contributed by atoms with Crippen molar-refractivity contribution in [3.63, 3.8) is 0 Å². The van der Waals surface area contributed by atoms with Gasteiger partial charge in [-0.05, 0) is 44.9 Å². The number of allylic oxidation sites excluding steroid dienone is 4. The van der Waals surface area contributed by atoms with Crippen molar-refractivity contribution in [2.75, 3.05) is 0 Å². The largest absolute Gasteiger partial charge is 0.481 e. The highest BCUT2D eigenvalue weighted by Gasteiger charge is 1.94. The summed E-state index contributed by atoms with van der Waals surface area (Å²) in [6, 6.07) is 0. The lowest BCUT2D eigenvalue weighted by Gasteiger charge is -2.02. The highest BCUT2D eigenvalue weighted by molar-refractivity contribution is 5.66. The van der Waals surface area contributed by atoms with E-state index in [2.05, 4.69) is 25.2 Å². The Morgan fingerprint density at radius 1 is 0.500 bits per heavy atom. The maximum Gasteiger partial charge on any atom is 0.303 e. The van der Waals surface area contributed by atoms with Gasteiger partial charge < -0.3 is 5.11 Å². The molecule has 0 aromatic heterocycles. The number of carboxylic acid groups (broad SMARTS) is 1. The van der Waals surface area contributed by atoms with Crippen LogP contribution in [0.2, 0.25) is 0 Å². The number of carboxylic acids is 1. The molecule has 0 amide bonds. The smallest absolute Gasteiger partial charge is 0.303 e. The summed E-state index contributed by atoms with van der Waals surface area (Å²) in [5.41, 5.74) is 0. The molecular formula is C28H52O2. The summed E-state index contributed by atoms with van der Waals surface area (Å²) in [5, 5.41) is 8.56. The standard InChI is InChI=1S/C28H52O2/c1-2-3-4-5-6-7-8-9-10-11-12-13-14-15-16-17-18-19-20-21-22-23-24-25-26-27-28(29)30/h16-17,24-25H,2-15,18-23,26-27H2,1H3,(H,29,30)/b17-16+,25-24+. The molecule has 30 heavy (non-hydrogen) atoms. The molecule has 1 N–H and O–H groups in total. The lowest BCUT2D eigenvalue weighted by molar-refractivity contribution is -0.136. The van der Waals surface area contributed by atoms with E-state index in [1.165, 1.54) is 122 Å². The fraction of sp³-hybridized carbons (Fsp3) is 0.821. The number of aliphatic carboxylic acids is 1. The van der Waals surface area contributed by atoms with Crippen LogP contribution >= 0.6 is 0 Å². The van der Waals surface area contributed by atoms with Crippen LogP contribution in [0, 0.1) is 0 Å². The van der Waals surface area contributed by atoms with Gasteiger partial charge in [0.15, 0.2) is 0 Å². The Bertz CT molecular complexity index is 397. The quantitative estimate of drug-likeness (QED) is 0.125. The van der Waals surface area contributed by atoms with Crippen LogP contribution in [0.1, 0.15) is 148 Å². The van der Waals surface area contributed by atoms with Crippen LogP contribution < -0.4 is 0 Å². The third-order valence-electron chi connectivity index (χ3n) is 5.82. The van der Waals surface area contributed by atoms with Gasteiger partial charge in [-0.2, -0.15) is 0 Å². The summed E-state index contributed by atoms with van der Waals surface area (Å²) in [7, 11) is 0. The molecule has 0 aliphatic carbocycles. The number of rotatable bonds is 24. The Morgan fingerprint density at radius 2 is 0.800 bits per heavy atom. The van der Waals surface area contributed by atoms with Crippen molar-refractivity contribution in [1.82, 2.24) is 0 Å². The summed E-state index contributed by atoms with van der Waals surface area (Å²) in [5.74, 6) is -0.707. The normalized spacial score (nSPS) is 11.8. The minimum atomic E-state index is -0.707. The van der Waals surface area contributed by atoms with Gasteiger partial charge in [-0.15, -0.1) is 0 Å². The summed E-state index contributed by atoms with van der Waals surface area (Å²) in [6.45, 7) is 2.29. The van der Waals surface area contributed by atoms with E-state index in [0.29, 0.717) is 6.42 Å². The third-order valence-corrected chi connectivity index (χ3v) is 5.82. The van der Waals surface area contributed by atoms with Gasteiger partial charge in [-0.1, -0.05) is 121 Å². The van der Waals surface area contributed by atoms with Gasteiger partial charge in [0.2, 0.25) is 0 Å². The van der Waals surface area contributed by atoms with Crippen molar-refractivity contribution in [3.05, 3.63) is 24.3 Å². The van der Waals surface area contributed by atoms with E-state index in [0.717, 1.165) is 6.42 Å². The number of hydrogen-bond donors (Lipinski definition) is 1. The van der Waals surface area contributed by atoms with Gasteiger partial charge >= 0.3 is 5.97 Å². The molecule has 0 unspecified atom stereocenters. The first-order valence-corrected chi connectivity index (χ1v) is 13.3. The highest BCUT2D eigenvalue weighted by atomic mass is 16.4. The van der Waals surface area contributed by atoms with Crippen molar-refractivity contribution in [2.45, 2.75) is 148 Å². The second-order valence-electron chi connectivity index (χ2n) is 8.90. The third kappa shape index (κ3) is 27.0. The average molecular weight is 421 g/mol. The molecule has 0 aliphatic rings. The zero-order valence-corrected chi connectivity index (χ0v) is 20.2. The van der Waals surface area contributed by atoms with E-state index in [1.54, 1.807) is 0 Å². The molecule has 0 saturated heterocycles. The molecule has 0 rings (SSSR count). The molecule has 0 bridgehead atoms. The second kappa shape index (κ2) is 26.0. The van der Waals surface area contributed by atoms with Gasteiger partial charge in [0.1, 0.15) is 0 Å². The number of hydrogen-bond acceptors (Lipinski definition) is 1. The minimum absolute atomic E-state index is 0.252. The van der Waals surface area contributed by atoms with Crippen molar-refractivity contribution >= 4 is 5.97 Å². The van der Waals surface area contributed by atoms with Gasteiger partial charge in [-0.25, -0.2) is 0 Å². The Balaban J connectivity index is 3.13. The van der Waals surface area contributed by atoms with Gasteiger partial charge in [0, 0.05) is 6.42 Å². The number of carbonyl (C=O) groups is 1. The minimum Gasteiger partial charge on any atom is -0.481 e. The van der Waals surface area contributed by atoms with Crippen molar-refractivity contribution in [2.24, 2.45) is 0 Å². The molecule has 0 aliphatic heterocycles. The van der Waals surface area contributed by atoms with E-state index < -0.39 is 5.97 Å². The summed E-state index contributed by atoms with van der Waals surface area (Å²) >= 11 is 0. The van der Waals surface area contributed by atoms with Crippen LogP contribution in [-0.4, -0.2) is 11.1 Å². The van der Waals surface area contributed by atoms with Crippen LogP contribution in [-0.2, 0) is 4.79 Å².